The van der Waals surface area contributed by atoms with Gasteiger partial charge in [0, 0.05) is 18.1 Å². The van der Waals surface area contributed by atoms with Gasteiger partial charge in [0.25, 0.3) is 0 Å². The number of nitrogens with zero attached hydrogens (tertiary/aromatic N) is 3. The summed E-state index contributed by atoms with van der Waals surface area (Å²) in [5.74, 6) is -0.666. The van der Waals surface area contributed by atoms with Crippen LogP contribution in [0.2, 0.25) is 0 Å². The van der Waals surface area contributed by atoms with Crippen LogP contribution in [-0.4, -0.2) is 25.8 Å². The van der Waals surface area contributed by atoms with Crippen LogP contribution in [0.25, 0.3) is 5.82 Å². The molecular weight excluding hydrogens is 194 g/mol. The van der Waals surface area contributed by atoms with Gasteiger partial charge in [-0.15, -0.1) is 0 Å². The van der Waals surface area contributed by atoms with Crippen molar-refractivity contribution in [3.8, 4) is 5.82 Å². The van der Waals surface area contributed by atoms with Crippen LogP contribution in [0.3, 0.4) is 0 Å². The molecule has 2 heterocycles. The van der Waals surface area contributed by atoms with Gasteiger partial charge in [0.2, 0.25) is 0 Å². The smallest absolute Gasteiger partial charge is 0.339 e. The van der Waals surface area contributed by atoms with Crippen LogP contribution in [0, 0.1) is 6.92 Å². The zero-order valence-electron chi connectivity index (χ0n) is 8.08. The molecule has 76 valence electrons. The molecule has 15 heavy (non-hydrogen) atoms. The third-order valence-electron chi connectivity index (χ3n) is 1.97. The van der Waals surface area contributed by atoms with E-state index in [1.807, 2.05) is 0 Å². The highest BCUT2D eigenvalue weighted by molar-refractivity contribution is 5.91. The lowest BCUT2D eigenvalue weighted by molar-refractivity contribution is 0.0696. The van der Waals surface area contributed by atoms with Crippen LogP contribution < -0.4 is 0 Å². The highest BCUT2D eigenvalue weighted by Crippen LogP contribution is 2.11. The van der Waals surface area contributed by atoms with Crippen molar-refractivity contribution in [1.29, 1.82) is 0 Å². The van der Waals surface area contributed by atoms with E-state index in [0.717, 1.165) is 5.69 Å². The Kier molecular flexibility index (Phi) is 2.21. The number of carboxylic acid groups (broad SMARTS) is 1. The molecule has 0 spiro atoms. The Balaban J connectivity index is 2.63. The molecule has 0 amide bonds. The van der Waals surface area contributed by atoms with E-state index in [4.69, 9.17) is 5.11 Å². The number of aromatic nitrogens is 3. The minimum absolute atomic E-state index is 0.143. The first-order valence-corrected chi connectivity index (χ1v) is 4.39. The number of hydrogen-bond acceptors (Lipinski definition) is 3. The Bertz CT molecular complexity index is 491. The number of aromatic carboxylic acids is 1. The van der Waals surface area contributed by atoms with E-state index in [1.54, 1.807) is 31.5 Å². The van der Waals surface area contributed by atoms with Crippen molar-refractivity contribution in [2.24, 2.45) is 0 Å². The molecule has 0 atom stereocenters. The molecule has 5 heteroatoms. The lowest BCUT2D eigenvalue weighted by atomic mass is 10.2. The SMILES string of the molecule is Cc1ccc(C(=O)O)c(-n2cccn2)n1. The van der Waals surface area contributed by atoms with Gasteiger partial charge in [0.05, 0.1) is 0 Å². The van der Waals surface area contributed by atoms with E-state index >= 15 is 0 Å². The van der Waals surface area contributed by atoms with Crippen molar-refractivity contribution in [1.82, 2.24) is 14.8 Å². The fourth-order valence-electron chi connectivity index (χ4n) is 1.28. The van der Waals surface area contributed by atoms with Crippen molar-refractivity contribution in [3.63, 3.8) is 0 Å². The molecule has 5 nitrogen and oxygen atoms in total. The summed E-state index contributed by atoms with van der Waals surface area (Å²) in [5.41, 5.74) is 0.898. The molecule has 2 aromatic rings. The van der Waals surface area contributed by atoms with Crippen LogP contribution in [0.5, 0.6) is 0 Å². The minimum Gasteiger partial charge on any atom is -0.478 e. The van der Waals surface area contributed by atoms with Crippen molar-refractivity contribution < 1.29 is 9.90 Å². The number of carbonyl (C=O) groups is 1. The van der Waals surface area contributed by atoms with Gasteiger partial charge in [-0.1, -0.05) is 0 Å². The van der Waals surface area contributed by atoms with Crippen LogP contribution >= 0.6 is 0 Å². The molecule has 0 unspecified atom stereocenters. The van der Waals surface area contributed by atoms with Gasteiger partial charge in [-0.25, -0.2) is 14.5 Å². The van der Waals surface area contributed by atoms with E-state index in [-0.39, 0.29) is 5.56 Å². The molecule has 0 bridgehead atoms. The zero-order valence-corrected chi connectivity index (χ0v) is 8.08. The first kappa shape index (κ1) is 9.39. The van der Waals surface area contributed by atoms with Crippen molar-refractivity contribution in [2.45, 2.75) is 6.92 Å². The Morgan fingerprint density at radius 1 is 1.47 bits per heavy atom. The molecule has 0 saturated carbocycles. The number of carboxylic acids is 1. The summed E-state index contributed by atoms with van der Waals surface area (Å²) < 4.78 is 1.44. The standard InChI is InChI=1S/C10H9N3O2/c1-7-3-4-8(10(14)15)9(12-7)13-6-2-5-11-13/h2-6H,1H3,(H,14,15). The first-order chi connectivity index (χ1) is 7.18. The lowest BCUT2D eigenvalue weighted by Crippen LogP contribution is -2.08. The maximum absolute atomic E-state index is 10.9. The Hall–Kier alpha value is -2.17. The minimum atomic E-state index is -1.01. The first-order valence-electron chi connectivity index (χ1n) is 4.39. The molecule has 0 radical (unpaired) electrons. The molecular formula is C10H9N3O2. The average Bonchev–Trinajstić information content (AvgIpc) is 2.69. The second kappa shape index (κ2) is 3.53. The average molecular weight is 203 g/mol. The summed E-state index contributed by atoms with van der Waals surface area (Å²) in [7, 11) is 0. The molecule has 0 aliphatic heterocycles. The highest BCUT2D eigenvalue weighted by Gasteiger charge is 2.13. The molecule has 0 aliphatic rings. The summed E-state index contributed by atoms with van der Waals surface area (Å²) >= 11 is 0. The molecule has 0 aromatic carbocycles. The van der Waals surface area contributed by atoms with E-state index < -0.39 is 5.97 Å². The zero-order chi connectivity index (χ0) is 10.8. The van der Waals surface area contributed by atoms with Gasteiger partial charge in [0.15, 0.2) is 5.82 Å². The maximum atomic E-state index is 10.9. The van der Waals surface area contributed by atoms with Crippen molar-refractivity contribution in [3.05, 3.63) is 41.9 Å². The van der Waals surface area contributed by atoms with Crippen molar-refractivity contribution >= 4 is 5.97 Å². The summed E-state index contributed by atoms with van der Waals surface area (Å²) in [6.07, 6.45) is 3.24. The summed E-state index contributed by atoms with van der Waals surface area (Å²) in [6.45, 7) is 1.80. The Morgan fingerprint density at radius 3 is 2.87 bits per heavy atom. The predicted molar refractivity (Wildman–Crippen MR) is 53.1 cm³/mol. The lowest BCUT2D eigenvalue weighted by Gasteiger charge is -2.05. The normalized spacial score (nSPS) is 10.2. The molecule has 0 saturated heterocycles. The number of rotatable bonds is 2. The van der Waals surface area contributed by atoms with Gasteiger partial charge < -0.3 is 5.11 Å². The molecule has 2 rings (SSSR count). The molecule has 0 fully saturated rings. The fourth-order valence-corrected chi connectivity index (χ4v) is 1.28. The van der Waals surface area contributed by atoms with Gasteiger partial charge >= 0.3 is 5.97 Å². The van der Waals surface area contributed by atoms with Crippen LogP contribution in [0.15, 0.2) is 30.6 Å². The quantitative estimate of drug-likeness (QED) is 0.798. The summed E-state index contributed by atoms with van der Waals surface area (Å²) in [6, 6.07) is 4.91. The van der Waals surface area contributed by atoms with Crippen LogP contribution in [0.4, 0.5) is 0 Å². The fraction of sp³-hybridized carbons (Fsp3) is 0.100. The second-order valence-corrected chi connectivity index (χ2v) is 3.08. The van der Waals surface area contributed by atoms with E-state index in [1.165, 1.54) is 10.7 Å². The third-order valence-corrected chi connectivity index (χ3v) is 1.97. The monoisotopic (exact) mass is 203 g/mol. The highest BCUT2D eigenvalue weighted by atomic mass is 16.4. The Morgan fingerprint density at radius 2 is 2.27 bits per heavy atom. The molecule has 0 aliphatic carbocycles. The molecule has 2 aromatic heterocycles. The van der Waals surface area contributed by atoms with E-state index in [9.17, 15) is 4.79 Å². The van der Waals surface area contributed by atoms with Gasteiger partial charge in [0.1, 0.15) is 5.56 Å². The second-order valence-electron chi connectivity index (χ2n) is 3.08. The van der Waals surface area contributed by atoms with Gasteiger partial charge in [-0.2, -0.15) is 5.10 Å². The third kappa shape index (κ3) is 1.71. The van der Waals surface area contributed by atoms with Crippen molar-refractivity contribution in [2.75, 3.05) is 0 Å². The molecule has 1 N–H and O–H groups in total. The van der Waals surface area contributed by atoms with Crippen LogP contribution in [0.1, 0.15) is 16.1 Å². The topological polar surface area (TPSA) is 68.0 Å². The van der Waals surface area contributed by atoms with E-state index in [0.29, 0.717) is 5.82 Å². The number of pyridine rings is 1. The van der Waals surface area contributed by atoms with Gasteiger partial charge in [-0.3, -0.25) is 0 Å². The number of aryl methyl sites for hydroxylation is 1. The predicted octanol–water partition coefficient (Wildman–Crippen LogP) is 1.27. The van der Waals surface area contributed by atoms with Gasteiger partial charge in [-0.05, 0) is 25.1 Å². The van der Waals surface area contributed by atoms with E-state index in [2.05, 4.69) is 10.1 Å². The summed E-state index contributed by atoms with van der Waals surface area (Å²) in [4.78, 5) is 15.1. The summed E-state index contributed by atoms with van der Waals surface area (Å²) in [5, 5.41) is 12.9. The van der Waals surface area contributed by atoms with Crippen LogP contribution in [-0.2, 0) is 0 Å². The maximum Gasteiger partial charge on any atom is 0.339 e. The Labute approximate surface area is 86.0 Å². The number of hydrogen-bond donors (Lipinski definition) is 1. The largest absolute Gasteiger partial charge is 0.478 e.